The van der Waals surface area contributed by atoms with Gasteiger partial charge in [0.1, 0.15) is 11.5 Å². The molecular weight excluding hydrogens is 285 g/mol. The second-order valence-electron chi connectivity index (χ2n) is 4.31. The molecule has 0 unspecified atom stereocenters. The van der Waals surface area contributed by atoms with Crippen LogP contribution >= 0.6 is 0 Å². The molecule has 0 amide bonds. The summed E-state index contributed by atoms with van der Waals surface area (Å²) in [6, 6.07) is 4.08. The molecule has 9 heteroatoms. The van der Waals surface area contributed by atoms with Gasteiger partial charge in [0.05, 0.1) is 18.5 Å². The highest BCUT2D eigenvalue weighted by Crippen LogP contribution is 2.20. The van der Waals surface area contributed by atoms with E-state index in [0.29, 0.717) is 12.2 Å². The van der Waals surface area contributed by atoms with E-state index in [0.717, 1.165) is 11.9 Å². The molecule has 0 saturated heterocycles. The largest absolute Gasteiger partial charge is 0.379 e. The molecule has 0 radical (unpaired) electrons. The van der Waals surface area contributed by atoms with Crippen molar-refractivity contribution in [1.82, 2.24) is 15.0 Å². The first kappa shape index (κ1) is 14.3. The van der Waals surface area contributed by atoms with E-state index in [1.807, 2.05) is 0 Å². The standard InChI is InChI=1S/C11H14FN5O2S/c1-17-7-9(14-16-17)6-13-8-3-4-10(12)11(5-8)15-20(2,18)19/h3-5,7,13,15H,6H2,1-2H3. The maximum Gasteiger partial charge on any atom is 0.229 e. The second kappa shape index (κ2) is 5.45. The fourth-order valence-electron chi connectivity index (χ4n) is 1.58. The summed E-state index contributed by atoms with van der Waals surface area (Å²) in [5.41, 5.74) is 1.19. The molecule has 2 rings (SSSR count). The van der Waals surface area contributed by atoms with Gasteiger partial charge in [0.2, 0.25) is 10.0 Å². The van der Waals surface area contributed by atoms with E-state index >= 15 is 0 Å². The molecule has 0 spiro atoms. The molecule has 0 atom stereocenters. The van der Waals surface area contributed by atoms with Crippen LogP contribution in [0.25, 0.3) is 0 Å². The van der Waals surface area contributed by atoms with Crippen molar-refractivity contribution in [1.29, 1.82) is 0 Å². The Morgan fingerprint density at radius 1 is 1.40 bits per heavy atom. The minimum Gasteiger partial charge on any atom is -0.379 e. The summed E-state index contributed by atoms with van der Waals surface area (Å²) < 4.78 is 39.4. The molecule has 108 valence electrons. The van der Waals surface area contributed by atoms with Gasteiger partial charge in [-0.15, -0.1) is 5.10 Å². The lowest BCUT2D eigenvalue weighted by Gasteiger charge is -2.09. The van der Waals surface area contributed by atoms with Gasteiger partial charge in [0.15, 0.2) is 0 Å². The zero-order chi connectivity index (χ0) is 14.8. The Balaban J connectivity index is 2.11. The molecule has 0 aliphatic rings. The lowest BCUT2D eigenvalue weighted by molar-refractivity contribution is 0.604. The molecule has 0 fully saturated rings. The predicted octanol–water partition coefficient (Wildman–Crippen LogP) is 0.938. The maximum atomic E-state index is 13.5. The highest BCUT2D eigenvalue weighted by Gasteiger charge is 2.08. The number of benzene rings is 1. The molecule has 1 aromatic heterocycles. The molecule has 0 aliphatic heterocycles. The predicted molar refractivity (Wildman–Crippen MR) is 73.2 cm³/mol. The minimum absolute atomic E-state index is 0.100. The molecule has 0 aliphatic carbocycles. The Labute approximate surface area is 115 Å². The van der Waals surface area contributed by atoms with Gasteiger partial charge in [0, 0.05) is 18.9 Å². The monoisotopic (exact) mass is 299 g/mol. The van der Waals surface area contributed by atoms with Crippen molar-refractivity contribution in [3.8, 4) is 0 Å². The first-order valence-corrected chi connectivity index (χ1v) is 7.59. The topological polar surface area (TPSA) is 88.9 Å². The Morgan fingerprint density at radius 3 is 2.75 bits per heavy atom. The molecule has 0 saturated carbocycles. The van der Waals surface area contributed by atoms with Crippen LogP contribution in [0.3, 0.4) is 0 Å². The number of sulfonamides is 1. The first-order chi connectivity index (χ1) is 9.33. The molecule has 20 heavy (non-hydrogen) atoms. The molecule has 1 heterocycles. The minimum atomic E-state index is -3.52. The van der Waals surface area contributed by atoms with E-state index in [1.165, 1.54) is 18.2 Å². The number of hydrogen-bond acceptors (Lipinski definition) is 5. The zero-order valence-electron chi connectivity index (χ0n) is 11.0. The van der Waals surface area contributed by atoms with Crippen molar-refractivity contribution in [3.63, 3.8) is 0 Å². The maximum absolute atomic E-state index is 13.5. The smallest absolute Gasteiger partial charge is 0.229 e. The van der Waals surface area contributed by atoms with Crippen LogP contribution in [-0.4, -0.2) is 29.7 Å². The van der Waals surface area contributed by atoms with Crippen LogP contribution in [0.1, 0.15) is 5.69 Å². The highest BCUT2D eigenvalue weighted by atomic mass is 32.2. The molecule has 1 aromatic carbocycles. The lowest BCUT2D eigenvalue weighted by atomic mass is 10.2. The van der Waals surface area contributed by atoms with Gasteiger partial charge in [-0.05, 0) is 18.2 Å². The van der Waals surface area contributed by atoms with Crippen molar-refractivity contribution in [2.45, 2.75) is 6.54 Å². The quantitative estimate of drug-likeness (QED) is 0.857. The van der Waals surface area contributed by atoms with E-state index in [4.69, 9.17) is 0 Å². The molecule has 2 N–H and O–H groups in total. The number of aromatic nitrogens is 3. The van der Waals surface area contributed by atoms with Crippen LogP contribution in [0, 0.1) is 5.82 Å². The Hall–Kier alpha value is -2.16. The summed E-state index contributed by atoms with van der Waals surface area (Å²) >= 11 is 0. The van der Waals surface area contributed by atoms with E-state index in [-0.39, 0.29) is 5.69 Å². The van der Waals surface area contributed by atoms with Crippen LogP contribution in [0.15, 0.2) is 24.4 Å². The Kier molecular flexibility index (Phi) is 3.89. The summed E-state index contributed by atoms with van der Waals surface area (Å²) in [5.74, 6) is -0.638. The van der Waals surface area contributed by atoms with Crippen molar-refractivity contribution in [2.75, 3.05) is 16.3 Å². The fourth-order valence-corrected chi connectivity index (χ4v) is 2.14. The third-order valence-electron chi connectivity index (χ3n) is 2.39. The summed E-state index contributed by atoms with van der Waals surface area (Å²) in [5, 5.41) is 10.7. The SMILES string of the molecule is Cn1cc(CNc2ccc(F)c(NS(C)(=O)=O)c2)nn1. The van der Waals surface area contributed by atoms with Crippen LogP contribution in [0.2, 0.25) is 0 Å². The zero-order valence-corrected chi connectivity index (χ0v) is 11.8. The van der Waals surface area contributed by atoms with E-state index in [1.54, 1.807) is 17.9 Å². The number of hydrogen-bond donors (Lipinski definition) is 2. The number of halogens is 1. The number of rotatable bonds is 5. The number of nitrogens with zero attached hydrogens (tertiary/aromatic N) is 3. The van der Waals surface area contributed by atoms with Crippen molar-refractivity contribution in [2.24, 2.45) is 7.05 Å². The number of anilines is 2. The number of nitrogens with one attached hydrogen (secondary N) is 2. The normalized spacial score (nSPS) is 11.3. The van der Waals surface area contributed by atoms with Gasteiger partial charge in [-0.25, -0.2) is 12.8 Å². The third kappa shape index (κ3) is 3.92. The van der Waals surface area contributed by atoms with Crippen molar-refractivity contribution < 1.29 is 12.8 Å². The van der Waals surface area contributed by atoms with Crippen LogP contribution in [0.4, 0.5) is 15.8 Å². The van der Waals surface area contributed by atoms with Gasteiger partial charge in [-0.2, -0.15) is 0 Å². The fraction of sp³-hybridized carbons (Fsp3) is 0.273. The molecule has 0 bridgehead atoms. The van der Waals surface area contributed by atoms with Gasteiger partial charge in [-0.1, -0.05) is 5.21 Å². The molecule has 2 aromatic rings. The second-order valence-corrected chi connectivity index (χ2v) is 6.05. The lowest BCUT2D eigenvalue weighted by Crippen LogP contribution is -2.11. The van der Waals surface area contributed by atoms with E-state index in [2.05, 4.69) is 20.4 Å². The van der Waals surface area contributed by atoms with E-state index in [9.17, 15) is 12.8 Å². The summed E-state index contributed by atoms with van der Waals surface area (Å²) in [6.45, 7) is 0.401. The van der Waals surface area contributed by atoms with Gasteiger partial charge in [0.25, 0.3) is 0 Å². The van der Waals surface area contributed by atoms with Gasteiger partial charge < -0.3 is 5.32 Å². The van der Waals surface area contributed by atoms with Crippen molar-refractivity contribution in [3.05, 3.63) is 35.9 Å². The third-order valence-corrected chi connectivity index (χ3v) is 2.98. The summed E-state index contributed by atoms with van der Waals surface area (Å²) in [7, 11) is -1.77. The average Bonchev–Trinajstić information content (AvgIpc) is 2.74. The van der Waals surface area contributed by atoms with E-state index < -0.39 is 15.8 Å². The summed E-state index contributed by atoms with van der Waals surface area (Å²) in [6.07, 6.45) is 2.71. The first-order valence-electron chi connectivity index (χ1n) is 5.70. The van der Waals surface area contributed by atoms with Gasteiger partial charge >= 0.3 is 0 Å². The van der Waals surface area contributed by atoms with Crippen LogP contribution in [-0.2, 0) is 23.6 Å². The van der Waals surface area contributed by atoms with Crippen LogP contribution in [0.5, 0.6) is 0 Å². The average molecular weight is 299 g/mol. The molecule has 7 nitrogen and oxygen atoms in total. The highest BCUT2D eigenvalue weighted by molar-refractivity contribution is 7.92. The van der Waals surface area contributed by atoms with Gasteiger partial charge in [-0.3, -0.25) is 9.40 Å². The summed E-state index contributed by atoms with van der Waals surface area (Å²) in [4.78, 5) is 0. The molecular formula is C11H14FN5O2S. The van der Waals surface area contributed by atoms with Crippen LogP contribution < -0.4 is 10.0 Å². The Bertz CT molecular complexity index is 713. The number of aryl methyl sites for hydroxylation is 1. The Morgan fingerprint density at radius 2 is 2.15 bits per heavy atom. The van der Waals surface area contributed by atoms with Crippen molar-refractivity contribution >= 4 is 21.4 Å².